The van der Waals surface area contributed by atoms with Gasteiger partial charge in [0.2, 0.25) is 0 Å². The molecule has 4 heteroatoms. The van der Waals surface area contributed by atoms with Crippen molar-refractivity contribution in [3.05, 3.63) is 35.9 Å². The number of urea groups is 1. The van der Waals surface area contributed by atoms with E-state index in [0.717, 1.165) is 12.8 Å². The average Bonchev–Trinajstić information content (AvgIpc) is 2.44. The van der Waals surface area contributed by atoms with Crippen LogP contribution in [0.3, 0.4) is 0 Å². The molecule has 0 spiro atoms. The molecule has 4 nitrogen and oxygen atoms in total. The number of benzene rings is 1. The second kappa shape index (κ2) is 7.14. The normalized spacial score (nSPS) is 17.7. The molecule has 1 aromatic carbocycles. The molecule has 1 unspecified atom stereocenters. The SMILES string of the molecule is CC(O)CN(C(=O)NCC1(c2ccccc2)CCC1)C(C)C. The lowest BCUT2D eigenvalue weighted by molar-refractivity contribution is 0.116. The molecule has 0 aromatic heterocycles. The number of hydrogen-bond donors (Lipinski definition) is 2. The topological polar surface area (TPSA) is 52.6 Å². The van der Waals surface area contributed by atoms with Crippen molar-refractivity contribution in [1.82, 2.24) is 10.2 Å². The van der Waals surface area contributed by atoms with E-state index in [1.54, 1.807) is 11.8 Å². The van der Waals surface area contributed by atoms with Crippen LogP contribution in [0.5, 0.6) is 0 Å². The van der Waals surface area contributed by atoms with Crippen LogP contribution >= 0.6 is 0 Å². The molecule has 2 amide bonds. The van der Waals surface area contributed by atoms with E-state index in [4.69, 9.17) is 0 Å². The number of carbonyl (C=O) groups is 1. The number of aliphatic hydroxyl groups excluding tert-OH is 1. The Hall–Kier alpha value is -1.55. The Kier molecular flexibility index (Phi) is 5.46. The van der Waals surface area contributed by atoms with Crippen LogP contribution in [-0.2, 0) is 5.41 Å². The van der Waals surface area contributed by atoms with Gasteiger partial charge in [-0.2, -0.15) is 0 Å². The number of nitrogens with one attached hydrogen (secondary N) is 1. The van der Waals surface area contributed by atoms with Crippen molar-refractivity contribution in [3.8, 4) is 0 Å². The van der Waals surface area contributed by atoms with E-state index in [2.05, 4.69) is 29.6 Å². The Morgan fingerprint density at radius 1 is 1.27 bits per heavy atom. The zero-order chi connectivity index (χ0) is 16.2. The molecule has 22 heavy (non-hydrogen) atoms. The molecule has 1 fully saturated rings. The Morgan fingerprint density at radius 2 is 1.91 bits per heavy atom. The fourth-order valence-corrected chi connectivity index (χ4v) is 3.12. The fourth-order valence-electron chi connectivity index (χ4n) is 3.12. The van der Waals surface area contributed by atoms with Crippen molar-refractivity contribution in [3.63, 3.8) is 0 Å². The molecule has 1 aliphatic rings. The van der Waals surface area contributed by atoms with E-state index in [1.807, 2.05) is 19.9 Å². The molecule has 2 rings (SSSR count). The Labute approximate surface area is 133 Å². The molecule has 0 aliphatic heterocycles. The molecule has 0 bridgehead atoms. The summed E-state index contributed by atoms with van der Waals surface area (Å²) in [6, 6.07) is 10.4. The summed E-state index contributed by atoms with van der Waals surface area (Å²) in [4.78, 5) is 14.1. The number of amides is 2. The van der Waals surface area contributed by atoms with Crippen LogP contribution in [0.2, 0.25) is 0 Å². The van der Waals surface area contributed by atoms with Crippen molar-refractivity contribution >= 4 is 6.03 Å². The number of aliphatic hydroxyl groups is 1. The van der Waals surface area contributed by atoms with Crippen molar-refractivity contribution in [2.45, 2.75) is 57.6 Å². The van der Waals surface area contributed by atoms with Crippen molar-refractivity contribution in [1.29, 1.82) is 0 Å². The lowest BCUT2D eigenvalue weighted by Gasteiger charge is -2.43. The molecule has 1 atom stereocenters. The molecule has 0 saturated heterocycles. The van der Waals surface area contributed by atoms with E-state index in [1.165, 1.54) is 12.0 Å². The molecule has 122 valence electrons. The van der Waals surface area contributed by atoms with Crippen LogP contribution in [0.1, 0.15) is 45.6 Å². The van der Waals surface area contributed by atoms with Gasteiger partial charge in [-0.3, -0.25) is 0 Å². The molecular formula is C18H28N2O2. The zero-order valence-electron chi connectivity index (χ0n) is 13.9. The Balaban J connectivity index is 1.99. The van der Waals surface area contributed by atoms with Crippen molar-refractivity contribution < 1.29 is 9.90 Å². The van der Waals surface area contributed by atoms with Gasteiger partial charge in [0.1, 0.15) is 0 Å². The number of hydrogen-bond acceptors (Lipinski definition) is 2. The summed E-state index contributed by atoms with van der Waals surface area (Å²) >= 11 is 0. The van der Waals surface area contributed by atoms with Gasteiger partial charge in [0, 0.05) is 24.5 Å². The predicted molar refractivity (Wildman–Crippen MR) is 88.9 cm³/mol. The zero-order valence-corrected chi connectivity index (χ0v) is 13.9. The quantitative estimate of drug-likeness (QED) is 0.849. The average molecular weight is 304 g/mol. The molecule has 1 aliphatic carbocycles. The first kappa shape index (κ1) is 16.8. The number of rotatable bonds is 6. The van der Waals surface area contributed by atoms with E-state index in [0.29, 0.717) is 13.1 Å². The van der Waals surface area contributed by atoms with Crippen LogP contribution in [-0.4, -0.2) is 41.3 Å². The first-order valence-electron chi connectivity index (χ1n) is 8.23. The Morgan fingerprint density at radius 3 is 2.36 bits per heavy atom. The molecule has 1 saturated carbocycles. The lowest BCUT2D eigenvalue weighted by atomic mass is 9.64. The molecule has 0 radical (unpaired) electrons. The maximum atomic E-state index is 12.4. The predicted octanol–water partition coefficient (Wildman–Crippen LogP) is 2.91. The van der Waals surface area contributed by atoms with E-state index < -0.39 is 6.10 Å². The smallest absolute Gasteiger partial charge is 0.317 e. The molecular weight excluding hydrogens is 276 g/mol. The largest absolute Gasteiger partial charge is 0.392 e. The van der Waals surface area contributed by atoms with Crippen LogP contribution in [0.4, 0.5) is 4.79 Å². The number of carbonyl (C=O) groups excluding carboxylic acids is 1. The van der Waals surface area contributed by atoms with Crippen LogP contribution in [0, 0.1) is 0 Å². The van der Waals surface area contributed by atoms with Gasteiger partial charge in [-0.25, -0.2) is 4.79 Å². The minimum atomic E-state index is -0.514. The molecule has 2 N–H and O–H groups in total. The van der Waals surface area contributed by atoms with Crippen molar-refractivity contribution in [2.24, 2.45) is 0 Å². The second-order valence-electron chi connectivity index (χ2n) is 6.75. The summed E-state index contributed by atoms with van der Waals surface area (Å²) in [5, 5.41) is 12.6. The van der Waals surface area contributed by atoms with E-state index in [9.17, 15) is 9.90 Å². The second-order valence-corrected chi connectivity index (χ2v) is 6.75. The lowest BCUT2D eigenvalue weighted by Crippen LogP contribution is -2.52. The summed E-state index contributed by atoms with van der Waals surface area (Å²) in [6.45, 7) is 6.68. The minimum absolute atomic E-state index is 0.0728. The maximum absolute atomic E-state index is 12.4. The first-order chi connectivity index (χ1) is 10.4. The summed E-state index contributed by atoms with van der Waals surface area (Å²) in [5.74, 6) is 0. The summed E-state index contributed by atoms with van der Waals surface area (Å²) in [5.41, 5.74) is 1.40. The van der Waals surface area contributed by atoms with Crippen molar-refractivity contribution in [2.75, 3.05) is 13.1 Å². The highest BCUT2D eigenvalue weighted by Gasteiger charge is 2.39. The highest BCUT2D eigenvalue weighted by atomic mass is 16.3. The maximum Gasteiger partial charge on any atom is 0.317 e. The van der Waals surface area contributed by atoms with E-state index >= 15 is 0 Å². The monoisotopic (exact) mass is 304 g/mol. The number of nitrogens with zero attached hydrogens (tertiary/aromatic N) is 1. The van der Waals surface area contributed by atoms with Gasteiger partial charge in [0.25, 0.3) is 0 Å². The molecule has 1 aromatic rings. The highest BCUT2D eigenvalue weighted by Crippen LogP contribution is 2.43. The fraction of sp³-hybridized carbons (Fsp3) is 0.611. The third-order valence-electron chi connectivity index (χ3n) is 4.62. The van der Waals surface area contributed by atoms with Gasteiger partial charge in [-0.05, 0) is 39.2 Å². The van der Waals surface area contributed by atoms with Crippen LogP contribution in [0.25, 0.3) is 0 Å². The van der Waals surface area contributed by atoms with Crippen LogP contribution in [0.15, 0.2) is 30.3 Å². The highest BCUT2D eigenvalue weighted by molar-refractivity contribution is 5.74. The third-order valence-corrected chi connectivity index (χ3v) is 4.62. The van der Waals surface area contributed by atoms with Gasteiger partial charge in [-0.1, -0.05) is 36.8 Å². The third kappa shape index (κ3) is 3.80. The standard InChI is InChI=1S/C18H28N2O2/c1-14(2)20(12-15(3)21)17(22)19-13-18(10-7-11-18)16-8-5-4-6-9-16/h4-6,8-9,14-15,21H,7,10-13H2,1-3H3,(H,19,22). The Bertz CT molecular complexity index is 481. The van der Waals surface area contributed by atoms with Gasteiger partial charge in [0.15, 0.2) is 0 Å². The minimum Gasteiger partial charge on any atom is -0.392 e. The first-order valence-corrected chi connectivity index (χ1v) is 8.23. The van der Waals surface area contributed by atoms with Gasteiger partial charge in [0.05, 0.1) is 6.10 Å². The van der Waals surface area contributed by atoms with Gasteiger partial charge >= 0.3 is 6.03 Å². The summed E-state index contributed by atoms with van der Waals surface area (Å²) < 4.78 is 0. The summed E-state index contributed by atoms with van der Waals surface area (Å²) in [7, 11) is 0. The van der Waals surface area contributed by atoms with Gasteiger partial charge in [-0.15, -0.1) is 0 Å². The molecule has 0 heterocycles. The summed E-state index contributed by atoms with van der Waals surface area (Å²) in [6.07, 6.45) is 2.94. The van der Waals surface area contributed by atoms with Crippen LogP contribution < -0.4 is 5.32 Å². The van der Waals surface area contributed by atoms with Gasteiger partial charge < -0.3 is 15.3 Å². The van der Waals surface area contributed by atoms with E-state index in [-0.39, 0.29) is 17.5 Å².